The molecule has 0 heterocycles. The number of allylic oxidation sites excluding steroid dienone is 3. The molecule has 0 radical (unpaired) electrons. The van der Waals surface area contributed by atoms with Gasteiger partial charge in [0.25, 0.3) is 10.1 Å². The third kappa shape index (κ3) is 2.36. The van der Waals surface area contributed by atoms with Crippen LogP contribution in [0, 0.1) is 0 Å². The molecule has 1 aromatic rings. The van der Waals surface area contributed by atoms with Crippen molar-refractivity contribution in [1.82, 2.24) is 0 Å². The summed E-state index contributed by atoms with van der Waals surface area (Å²) in [6.45, 7) is 0. The Labute approximate surface area is 130 Å². The van der Waals surface area contributed by atoms with Gasteiger partial charge in [-0.3, -0.25) is 4.55 Å². The fourth-order valence-corrected chi connectivity index (χ4v) is 4.52. The van der Waals surface area contributed by atoms with Gasteiger partial charge in [0.2, 0.25) is 0 Å². The van der Waals surface area contributed by atoms with Crippen molar-refractivity contribution in [3.05, 3.63) is 50.9 Å². The summed E-state index contributed by atoms with van der Waals surface area (Å²) in [5.74, 6) is 0. The number of benzene rings is 1. The lowest BCUT2D eigenvalue weighted by Crippen LogP contribution is -2.29. The zero-order chi connectivity index (χ0) is 15.3. The van der Waals surface area contributed by atoms with Crippen LogP contribution in [0.15, 0.2) is 29.4 Å². The van der Waals surface area contributed by atoms with Crippen LogP contribution in [0.1, 0.15) is 36.8 Å². The number of fused-ring (bicyclic) bond motifs is 2. The fraction of sp³-hybridized carbons (Fsp3) is 0.333. The molecular weight excluding hydrogens is 296 g/mol. The molecule has 0 spiro atoms. The number of hydrogen-bond donors (Lipinski definition) is 1. The van der Waals surface area contributed by atoms with E-state index in [-0.39, 0.29) is 0 Å². The minimum Gasteiger partial charge on any atom is -0.285 e. The van der Waals surface area contributed by atoms with Gasteiger partial charge >= 0.3 is 0 Å². The smallest absolute Gasteiger partial charge is 0.268 e. The normalized spacial score (nSPS) is 23.0. The van der Waals surface area contributed by atoms with Gasteiger partial charge < -0.3 is 0 Å². The summed E-state index contributed by atoms with van der Waals surface area (Å²) < 4.78 is 32.1. The van der Waals surface area contributed by atoms with Crippen molar-refractivity contribution in [2.24, 2.45) is 0 Å². The first-order valence-electron chi connectivity index (χ1n) is 7.69. The molecule has 1 unspecified atom stereocenters. The molecule has 114 valence electrons. The Balaban J connectivity index is 1.79. The second-order valence-electron chi connectivity index (χ2n) is 6.35. The summed E-state index contributed by atoms with van der Waals surface area (Å²) in [5.41, 5.74) is 4.99. The fourth-order valence-electron chi connectivity index (χ4n) is 3.72. The summed E-state index contributed by atoms with van der Waals surface area (Å²) in [4.78, 5) is 0. The first kappa shape index (κ1) is 14.0. The van der Waals surface area contributed by atoms with Gasteiger partial charge in [0.05, 0.1) is 5.25 Å². The minimum absolute atomic E-state index is 0.437. The molecule has 3 aliphatic rings. The second-order valence-corrected chi connectivity index (χ2v) is 8.05. The molecular formula is C18H18O3S. The van der Waals surface area contributed by atoms with Crippen molar-refractivity contribution in [3.63, 3.8) is 0 Å². The molecule has 0 saturated carbocycles. The van der Waals surface area contributed by atoms with E-state index >= 15 is 0 Å². The highest BCUT2D eigenvalue weighted by atomic mass is 32.2. The zero-order valence-corrected chi connectivity index (χ0v) is 13.1. The molecule has 4 heteroatoms. The quantitative estimate of drug-likeness (QED) is 0.806. The predicted octanol–water partition coefficient (Wildman–Crippen LogP) is 1.96. The first-order chi connectivity index (χ1) is 10.5. The van der Waals surface area contributed by atoms with Crippen molar-refractivity contribution < 1.29 is 13.0 Å². The molecule has 3 nitrogen and oxygen atoms in total. The zero-order valence-electron chi connectivity index (χ0n) is 12.2. The molecule has 1 N–H and O–H groups in total. The maximum Gasteiger partial charge on any atom is 0.268 e. The van der Waals surface area contributed by atoms with Crippen molar-refractivity contribution in [3.8, 4) is 0 Å². The minimum atomic E-state index is -3.94. The number of hydrogen-bond acceptors (Lipinski definition) is 2. The summed E-state index contributed by atoms with van der Waals surface area (Å²) in [5, 5.41) is 1.84. The Morgan fingerprint density at radius 1 is 1.18 bits per heavy atom. The van der Waals surface area contributed by atoms with Crippen molar-refractivity contribution in [1.29, 1.82) is 0 Å². The van der Waals surface area contributed by atoms with Crippen LogP contribution < -0.4 is 10.4 Å². The third-order valence-electron chi connectivity index (χ3n) is 4.94. The van der Waals surface area contributed by atoms with E-state index < -0.39 is 15.4 Å². The van der Waals surface area contributed by atoms with Crippen LogP contribution >= 0.6 is 0 Å². The largest absolute Gasteiger partial charge is 0.285 e. The van der Waals surface area contributed by atoms with Crippen molar-refractivity contribution in [2.75, 3.05) is 0 Å². The third-order valence-corrected chi connectivity index (χ3v) is 6.19. The van der Waals surface area contributed by atoms with E-state index in [0.717, 1.165) is 24.8 Å². The van der Waals surface area contributed by atoms with Crippen LogP contribution in [-0.2, 0) is 16.5 Å². The van der Waals surface area contributed by atoms with Crippen LogP contribution in [0.3, 0.4) is 0 Å². The van der Waals surface area contributed by atoms with Crippen LogP contribution in [0.25, 0.3) is 18.2 Å². The molecule has 1 aromatic carbocycles. The Kier molecular flexibility index (Phi) is 3.13. The maximum absolute atomic E-state index is 11.4. The van der Waals surface area contributed by atoms with Gasteiger partial charge in [-0.1, -0.05) is 35.9 Å². The van der Waals surface area contributed by atoms with Gasteiger partial charge in [-0.15, -0.1) is 0 Å². The summed E-state index contributed by atoms with van der Waals surface area (Å²) in [7, 11) is -3.94. The lowest BCUT2D eigenvalue weighted by Gasteiger charge is -2.27. The molecule has 0 bridgehead atoms. The van der Waals surface area contributed by atoms with E-state index in [4.69, 9.17) is 0 Å². The van der Waals surface area contributed by atoms with Crippen molar-refractivity contribution >= 4 is 28.3 Å². The van der Waals surface area contributed by atoms with E-state index in [1.54, 1.807) is 0 Å². The molecule has 0 amide bonds. The Morgan fingerprint density at radius 3 is 2.86 bits per heavy atom. The van der Waals surface area contributed by atoms with E-state index in [9.17, 15) is 13.0 Å². The van der Waals surface area contributed by atoms with Gasteiger partial charge in [-0.2, -0.15) is 8.42 Å². The Hall–Kier alpha value is -1.65. The lowest BCUT2D eigenvalue weighted by molar-refractivity contribution is 0.457. The SMILES string of the molecule is O=S(=O)(O)C1CCC2=C(C=c3cc4c(cc3C2)=CCC=C4)C1. The van der Waals surface area contributed by atoms with Gasteiger partial charge in [-0.05, 0) is 65.3 Å². The summed E-state index contributed by atoms with van der Waals surface area (Å²) in [6, 6.07) is 4.46. The second kappa shape index (κ2) is 4.93. The molecule has 3 aliphatic carbocycles. The molecule has 4 rings (SSSR count). The van der Waals surface area contributed by atoms with E-state index in [1.165, 1.54) is 27.1 Å². The monoisotopic (exact) mass is 314 g/mol. The standard InChI is InChI=1S/C18H18O3S/c19-22(20,21)18-6-5-14-9-15-7-12-3-1-2-4-13(12)8-16(15)10-17(14)11-18/h2-4,7-8,10,18H,1,5-6,9,11H2,(H,19,20,21). The Bertz CT molecular complexity index is 933. The van der Waals surface area contributed by atoms with Gasteiger partial charge in [-0.25, -0.2) is 0 Å². The Morgan fingerprint density at radius 2 is 2.05 bits per heavy atom. The maximum atomic E-state index is 11.4. The van der Waals surface area contributed by atoms with Crippen molar-refractivity contribution in [2.45, 2.75) is 37.4 Å². The van der Waals surface area contributed by atoms with Crippen LogP contribution in [-0.4, -0.2) is 18.2 Å². The summed E-state index contributed by atoms with van der Waals surface area (Å²) >= 11 is 0. The average Bonchev–Trinajstić information content (AvgIpc) is 2.49. The van der Waals surface area contributed by atoms with Gasteiger partial charge in [0, 0.05) is 0 Å². The molecule has 0 aliphatic heterocycles. The lowest BCUT2D eigenvalue weighted by atomic mass is 9.82. The topological polar surface area (TPSA) is 54.4 Å². The van der Waals surface area contributed by atoms with Gasteiger partial charge in [0.1, 0.15) is 0 Å². The van der Waals surface area contributed by atoms with Crippen LogP contribution in [0.5, 0.6) is 0 Å². The average molecular weight is 314 g/mol. The van der Waals surface area contributed by atoms with E-state index in [1.807, 2.05) is 0 Å². The van der Waals surface area contributed by atoms with E-state index in [0.29, 0.717) is 12.8 Å². The highest BCUT2D eigenvalue weighted by Gasteiger charge is 2.30. The molecule has 1 atom stereocenters. The van der Waals surface area contributed by atoms with Crippen LogP contribution in [0.2, 0.25) is 0 Å². The summed E-state index contributed by atoms with van der Waals surface area (Å²) in [6.07, 6.45) is 12.3. The number of rotatable bonds is 1. The highest BCUT2D eigenvalue weighted by Crippen LogP contribution is 2.33. The molecule has 0 aromatic heterocycles. The molecule has 0 fully saturated rings. The molecule has 0 saturated heterocycles. The van der Waals surface area contributed by atoms with Gasteiger partial charge in [0.15, 0.2) is 0 Å². The first-order valence-corrected chi connectivity index (χ1v) is 9.19. The van der Waals surface area contributed by atoms with Crippen LogP contribution in [0.4, 0.5) is 0 Å². The molecule has 22 heavy (non-hydrogen) atoms. The van der Waals surface area contributed by atoms with E-state index in [2.05, 4.69) is 36.4 Å². The highest BCUT2D eigenvalue weighted by molar-refractivity contribution is 7.86. The predicted molar refractivity (Wildman–Crippen MR) is 88.2 cm³/mol.